The first-order valence-electron chi connectivity index (χ1n) is 6.11. The van der Waals surface area contributed by atoms with Gasteiger partial charge in [-0.05, 0) is 37.0 Å². The minimum atomic E-state index is -4.34. The Bertz CT molecular complexity index is 614. The van der Waals surface area contributed by atoms with Gasteiger partial charge < -0.3 is 4.57 Å². The predicted octanol–water partition coefficient (Wildman–Crippen LogP) is 4.20. The highest BCUT2D eigenvalue weighted by molar-refractivity contribution is 6.16. The number of fused-ring (bicyclic) bond motifs is 1. The van der Waals surface area contributed by atoms with E-state index in [2.05, 4.69) is 4.98 Å². The van der Waals surface area contributed by atoms with Crippen LogP contribution in [0.1, 0.15) is 24.2 Å². The maximum atomic E-state index is 12.7. The molecule has 1 fully saturated rings. The molecule has 0 bridgehead atoms. The molecule has 102 valence electrons. The molecule has 0 atom stereocenters. The molecule has 0 saturated heterocycles. The third-order valence-corrected chi connectivity index (χ3v) is 3.65. The average molecular weight is 289 g/mol. The Labute approximate surface area is 113 Å². The van der Waals surface area contributed by atoms with Gasteiger partial charge in [0.2, 0.25) is 0 Å². The molecule has 1 saturated carbocycles. The van der Waals surface area contributed by atoms with E-state index in [0.717, 1.165) is 24.2 Å². The molecular weight excluding hydrogens is 277 g/mol. The summed E-state index contributed by atoms with van der Waals surface area (Å²) in [5.74, 6) is 1.47. The maximum absolute atomic E-state index is 12.7. The van der Waals surface area contributed by atoms with E-state index in [9.17, 15) is 13.2 Å². The zero-order valence-corrected chi connectivity index (χ0v) is 10.8. The lowest BCUT2D eigenvalue weighted by molar-refractivity contribution is -0.137. The van der Waals surface area contributed by atoms with Gasteiger partial charge in [-0.3, -0.25) is 0 Å². The van der Waals surface area contributed by atoms with Crippen molar-refractivity contribution < 1.29 is 13.2 Å². The number of hydrogen-bond acceptors (Lipinski definition) is 1. The van der Waals surface area contributed by atoms with Gasteiger partial charge in [-0.1, -0.05) is 0 Å². The lowest BCUT2D eigenvalue weighted by atomic mass is 10.2. The van der Waals surface area contributed by atoms with E-state index in [1.807, 2.05) is 4.57 Å². The Morgan fingerprint density at radius 1 is 1.32 bits per heavy atom. The molecule has 2 aromatic rings. The molecule has 1 aliphatic carbocycles. The van der Waals surface area contributed by atoms with E-state index in [1.54, 1.807) is 0 Å². The highest BCUT2D eigenvalue weighted by atomic mass is 35.5. The van der Waals surface area contributed by atoms with Crippen molar-refractivity contribution in [1.82, 2.24) is 9.55 Å². The fraction of sp³-hybridized carbons (Fsp3) is 0.462. The first-order valence-corrected chi connectivity index (χ1v) is 6.65. The number of halogens is 4. The van der Waals surface area contributed by atoms with Gasteiger partial charge in [0.25, 0.3) is 0 Å². The minimum absolute atomic E-state index is 0.211. The minimum Gasteiger partial charge on any atom is -0.327 e. The van der Waals surface area contributed by atoms with Crippen molar-refractivity contribution in [3.05, 3.63) is 29.6 Å². The highest BCUT2D eigenvalue weighted by Crippen LogP contribution is 2.34. The topological polar surface area (TPSA) is 17.8 Å². The maximum Gasteiger partial charge on any atom is 0.416 e. The van der Waals surface area contributed by atoms with Crippen molar-refractivity contribution in [2.45, 2.75) is 31.4 Å². The molecule has 1 aliphatic rings. The molecule has 0 aliphatic heterocycles. The number of aromatic nitrogens is 2. The summed E-state index contributed by atoms with van der Waals surface area (Å²) in [5.41, 5.74) is 0.430. The Morgan fingerprint density at radius 2 is 2.05 bits per heavy atom. The van der Waals surface area contributed by atoms with Crippen molar-refractivity contribution in [2.75, 3.05) is 0 Å². The zero-order chi connectivity index (χ0) is 13.6. The van der Waals surface area contributed by atoms with Gasteiger partial charge >= 0.3 is 6.18 Å². The normalized spacial score (nSPS) is 16.2. The van der Waals surface area contributed by atoms with E-state index in [0.29, 0.717) is 17.3 Å². The lowest BCUT2D eigenvalue weighted by Crippen LogP contribution is -2.05. The van der Waals surface area contributed by atoms with E-state index in [1.165, 1.54) is 18.9 Å². The number of rotatable bonds is 3. The van der Waals surface area contributed by atoms with Crippen LogP contribution in [0.4, 0.5) is 13.2 Å². The van der Waals surface area contributed by atoms with E-state index in [4.69, 9.17) is 11.6 Å². The number of imidazole rings is 1. The molecule has 3 rings (SSSR count). The standard InChI is InChI=1S/C13H12ClF3N2/c14-6-12-18-10-5-9(13(15,16)17)3-4-11(10)19(12)7-8-1-2-8/h3-5,8H,1-2,6-7H2. The van der Waals surface area contributed by atoms with Crippen LogP contribution in [0.2, 0.25) is 0 Å². The highest BCUT2D eigenvalue weighted by Gasteiger charge is 2.31. The van der Waals surface area contributed by atoms with Gasteiger partial charge in [-0.2, -0.15) is 13.2 Å². The van der Waals surface area contributed by atoms with Gasteiger partial charge in [-0.25, -0.2) is 4.98 Å². The molecule has 0 spiro atoms. The number of alkyl halides is 4. The fourth-order valence-electron chi connectivity index (χ4n) is 2.22. The fourth-order valence-corrected chi connectivity index (χ4v) is 2.42. The van der Waals surface area contributed by atoms with Crippen LogP contribution in [-0.4, -0.2) is 9.55 Å². The first kappa shape index (κ1) is 12.8. The largest absolute Gasteiger partial charge is 0.416 e. The summed E-state index contributed by atoms with van der Waals surface area (Å²) in [6.07, 6.45) is -2.00. The second kappa shape index (κ2) is 4.40. The summed E-state index contributed by atoms with van der Waals surface area (Å²) >= 11 is 5.83. The Balaban J connectivity index is 2.09. The lowest BCUT2D eigenvalue weighted by Gasteiger charge is -2.08. The average Bonchev–Trinajstić information content (AvgIpc) is 3.09. The molecule has 0 radical (unpaired) electrons. The number of nitrogens with zero attached hydrogens (tertiary/aromatic N) is 2. The summed E-state index contributed by atoms with van der Waals surface area (Å²) in [6, 6.07) is 3.68. The van der Waals surface area contributed by atoms with E-state index >= 15 is 0 Å². The molecule has 0 N–H and O–H groups in total. The van der Waals surface area contributed by atoms with E-state index in [-0.39, 0.29) is 5.88 Å². The molecule has 19 heavy (non-hydrogen) atoms. The van der Waals surface area contributed by atoms with Crippen molar-refractivity contribution in [3.63, 3.8) is 0 Å². The van der Waals surface area contributed by atoms with Gasteiger partial charge in [0, 0.05) is 6.54 Å². The van der Waals surface area contributed by atoms with E-state index < -0.39 is 11.7 Å². The SMILES string of the molecule is FC(F)(F)c1ccc2c(c1)nc(CCl)n2CC1CC1. The number of hydrogen-bond donors (Lipinski definition) is 0. The summed E-state index contributed by atoms with van der Waals surface area (Å²) < 4.78 is 39.9. The van der Waals surface area contributed by atoms with Gasteiger partial charge in [0.15, 0.2) is 0 Å². The summed E-state index contributed by atoms with van der Waals surface area (Å²) in [6.45, 7) is 0.796. The second-order valence-electron chi connectivity index (χ2n) is 4.92. The van der Waals surface area contributed by atoms with Crippen LogP contribution in [0.25, 0.3) is 11.0 Å². The van der Waals surface area contributed by atoms with Crippen LogP contribution >= 0.6 is 11.6 Å². The summed E-state index contributed by atoms with van der Waals surface area (Å²) in [4.78, 5) is 4.22. The van der Waals surface area contributed by atoms with Crippen LogP contribution in [0.3, 0.4) is 0 Å². The molecule has 0 amide bonds. The van der Waals surface area contributed by atoms with Gasteiger partial charge in [0.05, 0.1) is 22.5 Å². The Morgan fingerprint density at radius 3 is 2.63 bits per heavy atom. The monoisotopic (exact) mass is 288 g/mol. The third kappa shape index (κ3) is 2.43. The summed E-state index contributed by atoms with van der Waals surface area (Å²) in [5, 5.41) is 0. The van der Waals surface area contributed by atoms with Crippen LogP contribution in [0, 0.1) is 5.92 Å². The first-order chi connectivity index (χ1) is 8.99. The van der Waals surface area contributed by atoms with Crippen molar-refractivity contribution in [1.29, 1.82) is 0 Å². The smallest absolute Gasteiger partial charge is 0.327 e. The Hall–Kier alpha value is -1.23. The molecule has 1 aromatic carbocycles. The molecule has 1 aromatic heterocycles. The summed E-state index contributed by atoms with van der Waals surface area (Å²) in [7, 11) is 0. The number of benzene rings is 1. The predicted molar refractivity (Wildman–Crippen MR) is 67.0 cm³/mol. The molecular formula is C13H12ClF3N2. The quantitative estimate of drug-likeness (QED) is 0.774. The van der Waals surface area contributed by atoms with Gasteiger partial charge in [0.1, 0.15) is 5.82 Å². The second-order valence-corrected chi connectivity index (χ2v) is 5.18. The van der Waals surface area contributed by atoms with Crippen LogP contribution in [0.15, 0.2) is 18.2 Å². The van der Waals surface area contributed by atoms with Crippen molar-refractivity contribution >= 4 is 22.6 Å². The molecule has 2 nitrogen and oxygen atoms in total. The molecule has 6 heteroatoms. The van der Waals surface area contributed by atoms with Crippen LogP contribution in [0.5, 0.6) is 0 Å². The van der Waals surface area contributed by atoms with Crippen molar-refractivity contribution in [2.24, 2.45) is 5.92 Å². The third-order valence-electron chi connectivity index (χ3n) is 3.41. The molecule has 1 heterocycles. The van der Waals surface area contributed by atoms with Crippen LogP contribution in [-0.2, 0) is 18.6 Å². The molecule has 0 unspecified atom stereocenters. The van der Waals surface area contributed by atoms with Crippen LogP contribution < -0.4 is 0 Å². The van der Waals surface area contributed by atoms with Gasteiger partial charge in [-0.15, -0.1) is 11.6 Å². The van der Waals surface area contributed by atoms with Crippen molar-refractivity contribution in [3.8, 4) is 0 Å². The Kier molecular flexibility index (Phi) is 2.96. The zero-order valence-electron chi connectivity index (χ0n) is 10.0.